The predicted molar refractivity (Wildman–Crippen MR) is 82.2 cm³/mol. The van der Waals surface area contributed by atoms with Crippen molar-refractivity contribution in [3.63, 3.8) is 0 Å². The minimum Gasteiger partial charge on any atom is -0.497 e. The third kappa shape index (κ3) is 3.11. The van der Waals surface area contributed by atoms with Crippen LogP contribution in [0.15, 0.2) is 48.5 Å². The van der Waals surface area contributed by atoms with Gasteiger partial charge in [-0.25, -0.2) is 0 Å². The molecule has 0 saturated carbocycles. The van der Waals surface area contributed by atoms with Gasteiger partial charge in [-0.1, -0.05) is 29.8 Å². The van der Waals surface area contributed by atoms with E-state index in [0.29, 0.717) is 0 Å². The van der Waals surface area contributed by atoms with E-state index in [4.69, 9.17) is 4.74 Å². The second kappa shape index (κ2) is 5.97. The fourth-order valence-electron chi connectivity index (χ4n) is 2.12. The topological polar surface area (TPSA) is 41.5 Å². The molecule has 0 heterocycles. The Hall–Kier alpha value is -2.00. The minimum absolute atomic E-state index is 0.00591. The molecule has 3 heteroatoms. The first-order chi connectivity index (χ1) is 9.57. The molecule has 106 valence electrons. The van der Waals surface area contributed by atoms with Gasteiger partial charge in [-0.05, 0) is 43.7 Å². The average molecular weight is 271 g/mol. The maximum absolute atomic E-state index is 9.81. The Morgan fingerprint density at radius 3 is 2.45 bits per heavy atom. The molecule has 0 spiro atoms. The van der Waals surface area contributed by atoms with Crippen molar-refractivity contribution in [1.82, 2.24) is 0 Å². The Bertz CT molecular complexity index is 565. The highest BCUT2D eigenvalue weighted by atomic mass is 16.5. The third-order valence-corrected chi connectivity index (χ3v) is 3.49. The van der Waals surface area contributed by atoms with Crippen LogP contribution in [0.25, 0.3) is 0 Å². The van der Waals surface area contributed by atoms with Crippen LogP contribution in [0.5, 0.6) is 5.75 Å². The van der Waals surface area contributed by atoms with E-state index in [0.717, 1.165) is 17.0 Å². The van der Waals surface area contributed by atoms with Gasteiger partial charge in [-0.3, -0.25) is 0 Å². The molecule has 0 aliphatic carbocycles. The molecule has 0 amide bonds. The molecule has 1 atom stereocenters. The lowest BCUT2D eigenvalue weighted by atomic mass is 9.92. The van der Waals surface area contributed by atoms with Crippen LogP contribution in [0.2, 0.25) is 0 Å². The summed E-state index contributed by atoms with van der Waals surface area (Å²) in [4.78, 5) is 0. The van der Waals surface area contributed by atoms with Crippen molar-refractivity contribution in [3.05, 3.63) is 59.7 Å². The summed E-state index contributed by atoms with van der Waals surface area (Å²) >= 11 is 0. The number of benzene rings is 2. The second-order valence-corrected chi connectivity index (χ2v) is 5.21. The quantitative estimate of drug-likeness (QED) is 0.876. The molecule has 0 saturated heterocycles. The van der Waals surface area contributed by atoms with Gasteiger partial charge in [0.05, 0.1) is 19.3 Å². The zero-order chi connectivity index (χ0) is 14.6. The fraction of sp³-hybridized carbons (Fsp3) is 0.294. The summed E-state index contributed by atoms with van der Waals surface area (Å²) in [6, 6.07) is 15.9. The van der Waals surface area contributed by atoms with Gasteiger partial charge < -0.3 is 15.2 Å². The summed E-state index contributed by atoms with van der Waals surface area (Å²) in [6.07, 6.45) is 0. The smallest absolute Gasteiger partial charge is 0.119 e. The molecule has 1 unspecified atom stereocenters. The summed E-state index contributed by atoms with van der Waals surface area (Å²) in [5.41, 5.74) is 2.63. The Morgan fingerprint density at radius 2 is 1.85 bits per heavy atom. The molecule has 0 bridgehead atoms. The molecule has 2 aromatic rings. The number of anilines is 1. The standard InChI is InChI=1S/C17H21NO2/c1-13-7-9-15(10-8-13)18-17(2,12-19)14-5-4-6-16(11-14)20-3/h4-11,18-19H,12H2,1-3H3. The van der Waals surface area contributed by atoms with Gasteiger partial charge in [0.2, 0.25) is 0 Å². The summed E-state index contributed by atoms with van der Waals surface area (Å²) < 4.78 is 5.25. The molecule has 3 nitrogen and oxygen atoms in total. The van der Waals surface area contributed by atoms with Gasteiger partial charge in [-0.2, -0.15) is 0 Å². The van der Waals surface area contributed by atoms with Crippen molar-refractivity contribution in [2.24, 2.45) is 0 Å². The predicted octanol–water partition coefficient (Wildman–Crippen LogP) is 3.32. The van der Waals surface area contributed by atoms with Gasteiger partial charge in [0.25, 0.3) is 0 Å². The molecular weight excluding hydrogens is 250 g/mol. The Morgan fingerprint density at radius 1 is 1.15 bits per heavy atom. The first-order valence-corrected chi connectivity index (χ1v) is 6.67. The highest BCUT2D eigenvalue weighted by Crippen LogP contribution is 2.28. The Labute approximate surface area is 120 Å². The molecule has 0 aromatic heterocycles. The van der Waals surface area contributed by atoms with Crippen LogP contribution in [0.3, 0.4) is 0 Å². The number of aliphatic hydroxyl groups excluding tert-OH is 1. The molecule has 0 fully saturated rings. The maximum atomic E-state index is 9.81. The Kier molecular flexibility index (Phi) is 4.30. The van der Waals surface area contributed by atoms with E-state index in [1.807, 2.05) is 55.5 Å². The Balaban J connectivity index is 2.30. The van der Waals surface area contributed by atoms with Crippen LogP contribution in [0.1, 0.15) is 18.1 Å². The largest absolute Gasteiger partial charge is 0.497 e. The monoisotopic (exact) mass is 271 g/mol. The van der Waals surface area contributed by atoms with Gasteiger partial charge in [0.1, 0.15) is 5.75 Å². The van der Waals surface area contributed by atoms with Gasteiger partial charge >= 0.3 is 0 Å². The lowest BCUT2D eigenvalue weighted by Crippen LogP contribution is -2.35. The average Bonchev–Trinajstić information content (AvgIpc) is 2.49. The van der Waals surface area contributed by atoms with Crippen LogP contribution in [-0.2, 0) is 5.54 Å². The molecule has 0 radical (unpaired) electrons. The summed E-state index contributed by atoms with van der Waals surface area (Å²) in [5.74, 6) is 0.785. The lowest BCUT2D eigenvalue weighted by molar-refractivity contribution is 0.223. The van der Waals surface area contributed by atoms with Gasteiger partial charge in [0, 0.05) is 5.69 Å². The lowest BCUT2D eigenvalue weighted by Gasteiger charge is -2.31. The van der Waals surface area contributed by atoms with Crippen LogP contribution in [-0.4, -0.2) is 18.8 Å². The molecule has 2 N–H and O–H groups in total. The van der Waals surface area contributed by atoms with Crippen molar-refractivity contribution in [1.29, 1.82) is 0 Å². The molecule has 0 aliphatic rings. The van der Waals surface area contributed by atoms with E-state index in [9.17, 15) is 5.11 Å². The fourth-order valence-corrected chi connectivity index (χ4v) is 2.12. The number of aliphatic hydroxyl groups is 1. The highest BCUT2D eigenvalue weighted by molar-refractivity contribution is 5.49. The van der Waals surface area contributed by atoms with Crippen molar-refractivity contribution >= 4 is 5.69 Å². The first-order valence-electron chi connectivity index (χ1n) is 6.67. The van der Waals surface area contributed by atoms with Crippen LogP contribution < -0.4 is 10.1 Å². The third-order valence-electron chi connectivity index (χ3n) is 3.49. The van der Waals surface area contributed by atoms with Crippen LogP contribution >= 0.6 is 0 Å². The number of aryl methyl sites for hydroxylation is 1. The molecular formula is C17H21NO2. The summed E-state index contributed by atoms with van der Waals surface area (Å²) in [5, 5.41) is 13.2. The number of methoxy groups -OCH3 is 1. The number of rotatable bonds is 5. The summed E-state index contributed by atoms with van der Waals surface area (Å²) in [7, 11) is 1.64. The van der Waals surface area contributed by atoms with Crippen molar-refractivity contribution in [2.45, 2.75) is 19.4 Å². The molecule has 2 rings (SSSR count). The molecule has 0 aliphatic heterocycles. The number of ether oxygens (including phenoxy) is 1. The highest BCUT2D eigenvalue weighted by Gasteiger charge is 2.26. The minimum atomic E-state index is -0.552. The zero-order valence-electron chi connectivity index (χ0n) is 12.2. The summed E-state index contributed by atoms with van der Waals surface area (Å²) in [6.45, 7) is 4.02. The van der Waals surface area contributed by atoms with Crippen molar-refractivity contribution in [3.8, 4) is 5.75 Å². The van der Waals surface area contributed by atoms with Crippen LogP contribution in [0, 0.1) is 6.92 Å². The number of nitrogens with one attached hydrogen (secondary N) is 1. The SMILES string of the molecule is COc1cccc(C(C)(CO)Nc2ccc(C)cc2)c1. The molecule has 20 heavy (non-hydrogen) atoms. The van der Waals surface area contributed by atoms with E-state index < -0.39 is 5.54 Å². The van der Waals surface area contributed by atoms with E-state index in [1.54, 1.807) is 7.11 Å². The van der Waals surface area contributed by atoms with E-state index in [2.05, 4.69) is 12.2 Å². The van der Waals surface area contributed by atoms with Crippen molar-refractivity contribution < 1.29 is 9.84 Å². The van der Waals surface area contributed by atoms with Crippen LogP contribution in [0.4, 0.5) is 5.69 Å². The number of hydrogen-bond donors (Lipinski definition) is 2. The first kappa shape index (κ1) is 14.4. The molecule has 2 aromatic carbocycles. The second-order valence-electron chi connectivity index (χ2n) is 5.21. The zero-order valence-corrected chi connectivity index (χ0v) is 12.2. The maximum Gasteiger partial charge on any atom is 0.119 e. The van der Waals surface area contributed by atoms with Crippen molar-refractivity contribution in [2.75, 3.05) is 19.0 Å². The van der Waals surface area contributed by atoms with E-state index in [1.165, 1.54) is 5.56 Å². The van der Waals surface area contributed by atoms with E-state index >= 15 is 0 Å². The van der Waals surface area contributed by atoms with Gasteiger partial charge in [0.15, 0.2) is 0 Å². The van der Waals surface area contributed by atoms with Gasteiger partial charge in [-0.15, -0.1) is 0 Å². The van der Waals surface area contributed by atoms with E-state index in [-0.39, 0.29) is 6.61 Å². The normalized spacial score (nSPS) is 13.6. The number of hydrogen-bond acceptors (Lipinski definition) is 3.